The normalized spacial score (nSPS) is 17.7. The second-order valence-electron chi connectivity index (χ2n) is 4.70. The minimum Gasteiger partial charge on any atom is -0.481 e. The summed E-state index contributed by atoms with van der Waals surface area (Å²) in [7, 11) is 0. The van der Waals surface area contributed by atoms with Crippen LogP contribution in [0.2, 0.25) is 0 Å². The summed E-state index contributed by atoms with van der Waals surface area (Å²) >= 11 is 1.46. The smallest absolute Gasteiger partial charge is 0.356 e. The van der Waals surface area contributed by atoms with Gasteiger partial charge >= 0.3 is 11.9 Å². The third kappa shape index (κ3) is 2.00. The number of aromatic nitrogens is 2. The number of aromatic carboxylic acids is 1. The summed E-state index contributed by atoms with van der Waals surface area (Å²) in [5, 5.41) is 20.3. The van der Waals surface area contributed by atoms with Crippen LogP contribution in [0.3, 0.4) is 0 Å². The predicted octanol–water partition coefficient (Wildman–Crippen LogP) is 1.96. The van der Waals surface area contributed by atoms with Crippen molar-refractivity contribution < 1.29 is 19.8 Å². The summed E-state index contributed by atoms with van der Waals surface area (Å²) in [6, 6.07) is 3.72. The van der Waals surface area contributed by atoms with Crippen LogP contribution in [0.4, 0.5) is 0 Å². The SMILES string of the molecule is O=C(O)c1nc(-c2cccs2)n2c1CCC(C(=O)O)C2. The monoisotopic (exact) mass is 292 g/mol. The van der Waals surface area contributed by atoms with E-state index in [1.54, 1.807) is 4.57 Å². The lowest BCUT2D eigenvalue weighted by atomic mass is 9.97. The molecule has 0 saturated carbocycles. The van der Waals surface area contributed by atoms with E-state index in [0.29, 0.717) is 24.4 Å². The third-order valence-corrected chi connectivity index (χ3v) is 4.36. The molecule has 7 heteroatoms. The second kappa shape index (κ2) is 4.75. The van der Waals surface area contributed by atoms with Gasteiger partial charge in [0.1, 0.15) is 0 Å². The first-order chi connectivity index (χ1) is 9.58. The summed E-state index contributed by atoms with van der Waals surface area (Å²) < 4.78 is 1.75. The van der Waals surface area contributed by atoms with Gasteiger partial charge in [-0.1, -0.05) is 6.07 Å². The number of thiophene rings is 1. The van der Waals surface area contributed by atoms with Crippen molar-refractivity contribution in [1.29, 1.82) is 0 Å². The predicted molar refractivity (Wildman–Crippen MR) is 71.9 cm³/mol. The molecule has 0 aromatic carbocycles. The fourth-order valence-corrected chi connectivity index (χ4v) is 3.25. The molecule has 2 N–H and O–H groups in total. The van der Waals surface area contributed by atoms with Gasteiger partial charge in [-0.25, -0.2) is 9.78 Å². The molecule has 104 valence electrons. The Morgan fingerprint density at radius 1 is 1.40 bits per heavy atom. The Bertz CT molecular complexity index is 675. The number of rotatable bonds is 3. The van der Waals surface area contributed by atoms with Gasteiger partial charge in [0.25, 0.3) is 0 Å². The Hall–Kier alpha value is -2.15. The minimum absolute atomic E-state index is 0.0391. The van der Waals surface area contributed by atoms with E-state index in [0.717, 1.165) is 4.88 Å². The average molecular weight is 292 g/mol. The minimum atomic E-state index is -1.06. The zero-order valence-corrected chi connectivity index (χ0v) is 11.3. The molecule has 0 radical (unpaired) electrons. The number of hydrogen-bond acceptors (Lipinski definition) is 4. The lowest BCUT2D eigenvalue weighted by molar-refractivity contribution is -0.142. The van der Waals surface area contributed by atoms with Crippen molar-refractivity contribution in [3.05, 3.63) is 28.9 Å². The lowest BCUT2D eigenvalue weighted by Gasteiger charge is -2.22. The molecule has 0 aliphatic carbocycles. The van der Waals surface area contributed by atoms with Gasteiger partial charge in [0.2, 0.25) is 0 Å². The van der Waals surface area contributed by atoms with Crippen molar-refractivity contribution in [2.24, 2.45) is 5.92 Å². The van der Waals surface area contributed by atoms with Crippen LogP contribution in [0.25, 0.3) is 10.7 Å². The third-order valence-electron chi connectivity index (χ3n) is 3.50. The van der Waals surface area contributed by atoms with Crippen molar-refractivity contribution in [3.8, 4) is 10.7 Å². The summed E-state index contributed by atoms with van der Waals surface area (Å²) in [6.07, 6.45) is 0.877. The van der Waals surface area contributed by atoms with E-state index in [2.05, 4.69) is 4.98 Å². The molecule has 0 amide bonds. The van der Waals surface area contributed by atoms with Gasteiger partial charge < -0.3 is 14.8 Å². The fourth-order valence-electron chi connectivity index (χ4n) is 2.53. The molecule has 1 unspecified atom stereocenters. The quantitative estimate of drug-likeness (QED) is 0.902. The summed E-state index contributed by atoms with van der Waals surface area (Å²) in [4.78, 5) is 27.5. The molecule has 3 heterocycles. The van der Waals surface area contributed by atoms with Crippen molar-refractivity contribution in [3.63, 3.8) is 0 Å². The van der Waals surface area contributed by atoms with Gasteiger partial charge in [0, 0.05) is 6.54 Å². The van der Waals surface area contributed by atoms with Crippen molar-refractivity contribution >= 4 is 23.3 Å². The fraction of sp³-hybridized carbons (Fsp3) is 0.308. The van der Waals surface area contributed by atoms with Crippen LogP contribution in [0.5, 0.6) is 0 Å². The van der Waals surface area contributed by atoms with Crippen LogP contribution in [0.15, 0.2) is 17.5 Å². The standard InChI is InChI=1S/C13H12N2O4S/c16-12(17)7-3-4-8-10(13(18)19)14-11(15(8)6-7)9-2-1-5-20-9/h1-2,5,7H,3-4,6H2,(H,16,17)(H,18,19). The summed E-state index contributed by atoms with van der Waals surface area (Å²) in [5.74, 6) is -1.85. The van der Waals surface area contributed by atoms with Gasteiger partial charge in [0.15, 0.2) is 11.5 Å². The van der Waals surface area contributed by atoms with E-state index in [1.807, 2.05) is 17.5 Å². The molecule has 2 aromatic heterocycles. The number of fused-ring (bicyclic) bond motifs is 1. The first kappa shape index (κ1) is 12.9. The molecule has 0 saturated heterocycles. The van der Waals surface area contributed by atoms with Crippen LogP contribution >= 0.6 is 11.3 Å². The van der Waals surface area contributed by atoms with Crippen molar-refractivity contribution in [1.82, 2.24) is 9.55 Å². The van der Waals surface area contributed by atoms with E-state index in [9.17, 15) is 14.7 Å². The maximum atomic E-state index is 11.3. The van der Waals surface area contributed by atoms with E-state index in [-0.39, 0.29) is 12.2 Å². The first-order valence-electron chi connectivity index (χ1n) is 6.17. The van der Waals surface area contributed by atoms with Crippen molar-refractivity contribution in [2.75, 3.05) is 0 Å². The molecule has 1 atom stereocenters. The number of imidazole rings is 1. The summed E-state index contributed by atoms with van der Waals surface area (Å²) in [5.41, 5.74) is 0.663. The van der Waals surface area contributed by atoms with Gasteiger partial charge in [-0.05, 0) is 24.3 Å². The largest absolute Gasteiger partial charge is 0.481 e. The number of nitrogens with zero attached hydrogens (tertiary/aromatic N) is 2. The van der Waals surface area contributed by atoms with E-state index in [1.165, 1.54) is 11.3 Å². The van der Waals surface area contributed by atoms with Crippen LogP contribution in [-0.2, 0) is 17.8 Å². The maximum Gasteiger partial charge on any atom is 0.356 e. The number of aliphatic carboxylic acids is 1. The number of carboxylic acid groups (broad SMARTS) is 2. The molecule has 0 fully saturated rings. The molecule has 0 spiro atoms. The average Bonchev–Trinajstić information content (AvgIpc) is 3.04. The lowest BCUT2D eigenvalue weighted by Crippen LogP contribution is -2.27. The van der Waals surface area contributed by atoms with Crippen LogP contribution in [-0.4, -0.2) is 31.7 Å². The van der Waals surface area contributed by atoms with Gasteiger partial charge in [-0.2, -0.15) is 0 Å². The molecule has 1 aliphatic heterocycles. The zero-order chi connectivity index (χ0) is 14.3. The molecule has 3 rings (SSSR count). The van der Waals surface area contributed by atoms with Crippen LogP contribution < -0.4 is 0 Å². The number of carboxylic acids is 2. The highest BCUT2D eigenvalue weighted by Gasteiger charge is 2.31. The van der Waals surface area contributed by atoms with Gasteiger partial charge in [-0.3, -0.25) is 4.79 Å². The second-order valence-corrected chi connectivity index (χ2v) is 5.65. The van der Waals surface area contributed by atoms with Crippen molar-refractivity contribution in [2.45, 2.75) is 19.4 Å². The van der Waals surface area contributed by atoms with Crippen LogP contribution in [0, 0.1) is 5.92 Å². The first-order valence-corrected chi connectivity index (χ1v) is 7.05. The zero-order valence-electron chi connectivity index (χ0n) is 10.4. The van der Waals surface area contributed by atoms with Gasteiger partial charge in [-0.15, -0.1) is 11.3 Å². The molecule has 0 bridgehead atoms. The highest BCUT2D eigenvalue weighted by atomic mass is 32.1. The highest BCUT2D eigenvalue weighted by Crippen LogP contribution is 2.32. The Kier molecular flexibility index (Phi) is 3.06. The van der Waals surface area contributed by atoms with E-state index < -0.39 is 17.9 Å². The Balaban J connectivity index is 2.12. The molecule has 2 aromatic rings. The topological polar surface area (TPSA) is 92.4 Å². The molecule has 20 heavy (non-hydrogen) atoms. The van der Waals surface area contributed by atoms with E-state index >= 15 is 0 Å². The molecule has 1 aliphatic rings. The highest BCUT2D eigenvalue weighted by molar-refractivity contribution is 7.13. The maximum absolute atomic E-state index is 11.3. The Morgan fingerprint density at radius 2 is 2.20 bits per heavy atom. The number of carbonyl (C=O) groups is 2. The molecular weight excluding hydrogens is 280 g/mol. The van der Waals surface area contributed by atoms with Gasteiger partial charge in [0.05, 0.1) is 16.5 Å². The Labute approximate surface area is 118 Å². The van der Waals surface area contributed by atoms with E-state index in [4.69, 9.17) is 5.11 Å². The Morgan fingerprint density at radius 3 is 2.80 bits per heavy atom. The molecule has 6 nitrogen and oxygen atoms in total. The molecular formula is C13H12N2O4S. The summed E-state index contributed by atoms with van der Waals surface area (Å²) in [6.45, 7) is 0.276. The number of hydrogen-bond donors (Lipinski definition) is 2. The van der Waals surface area contributed by atoms with Crippen LogP contribution in [0.1, 0.15) is 22.6 Å².